The molecular weight excluding hydrogens is 619 g/mol. The number of anilines is 1. The van der Waals surface area contributed by atoms with E-state index in [0.29, 0.717) is 65.4 Å². The maximum absolute atomic E-state index is 15.6. The molecule has 250 valence electrons. The fraction of sp³-hybridized carbons (Fsp3) is 0.514. The molecule has 2 fully saturated rings. The topological polar surface area (TPSA) is 97.5 Å². The van der Waals surface area contributed by atoms with Gasteiger partial charge in [0, 0.05) is 55.0 Å². The summed E-state index contributed by atoms with van der Waals surface area (Å²) in [5, 5.41) is 4.80. The van der Waals surface area contributed by atoms with E-state index in [0.717, 1.165) is 31.5 Å². The molecule has 4 heterocycles. The Morgan fingerprint density at radius 3 is 2.55 bits per heavy atom. The number of likely N-dealkylation sites (tertiary alicyclic amines) is 1. The zero-order valence-electron chi connectivity index (χ0n) is 28.1. The lowest BCUT2D eigenvalue weighted by Crippen LogP contribution is -2.44. The number of rotatable bonds is 9. The highest BCUT2D eigenvalue weighted by Gasteiger charge is 2.42. The highest BCUT2D eigenvalue weighted by atomic mass is 28.4. The molecule has 12 heteroatoms. The van der Waals surface area contributed by atoms with Gasteiger partial charge in [-0.05, 0) is 61.2 Å². The maximum atomic E-state index is 15.6. The van der Waals surface area contributed by atoms with Crippen molar-refractivity contribution in [2.45, 2.75) is 96.5 Å². The van der Waals surface area contributed by atoms with Crippen molar-refractivity contribution in [1.82, 2.24) is 25.0 Å². The van der Waals surface area contributed by atoms with Crippen LogP contribution in [0.1, 0.15) is 76.6 Å². The molecule has 4 aromatic rings. The smallest absolute Gasteiger partial charge is 0.226 e. The Kier molecular flexibility index (Phi) is 9.19. The first-order chi connectivity index (χ1) is 22.3. The van der Waals surface area contributed by atoms with Crippen molar-refractivity contribution < 1.29 is 22.5 Å². The van der Waals surface area contributed by atoms with E-state index in [1.807, 2.05) is 0 Å². The zero-order valence-corrected chi connectivity index (χ0v) is 29.1. The number of carbonyl (C=O) groups excluding carboxylic acids is 1. The molecule has 6 rings (SSSR count). The lowest BCUT2D eigenvalue weighted by molar-refractivity contribution is -0.128. The van der Waals surface area contributed by atoms with Crippen molar-refractivity contribution in [2.24, 2.45) is 0 Å². The molecule has 0 N–H and O–H groups in total. The van der Waals surface area contributed by atoms with Gasteiger partial charge in [0.25, 0.3) is 0 Å². The number of aryl methyl sites for hydroxylation is 1. The van der Waals surface area contributed by atoms with Crippen LogP contribution in [0.5, 0.6) is 0 Å². The van der Waals surface area contributed by atoms with Crippen LogP contribution in [0.4, 0.5) is 14.6 Å². The molecule has 47 heavy (non-hydrogen) atoms. The van der Waals surface area contributed by atoms with E-state index in [4.69, 9.17) is 8.95 Å². The average Bonchev–Trinajstić information content (AvgIpc) is 3.62. The molecule has 2 aliphatic heterocycles. The van der Waals surface area contributed by atoms with E-state index in [2.05, 4.69) is 65.8 Å². The predicted octanol–water partition coefficient (Wildman–Crippen LogP) is 7.42. The summed E-state index contributed by atoms with van der Waals surface area (Å²) in [5.74, 6) is 1.30. The second-order valence-electron chi connectivity index (χ2n) is 14.4. The van der Waals surface area contributed by atoms with Crippen molar-refractivity contribution in [1.29, 1.82) is 0 Å². The lowest BCUT2D eigenvalue weighted by Gasteiger charge is -2.38. The fourth-order valence-electron chi connectivity index (χ4n) is 6.30. The molecule has 0 bridgehead atoms. The van der Waals surface area contributed by atoms with Crippen LogP contribution in [-0.2, 0) is 22.2 Å². The molecule has 0 unspecified atom stereocenters. The summed E-state index contributed by atoms with van der Waals surface area (Å²) < 4.78 is 42.6. The van der Waals surface area contributed by atoms with Gasteiger partial charge in [-0.3, -0.25) is 4.79 Å². The number of fused-ring (bicyclic) bond motifs is 1. The minimum atomic E-state index is -2.04. The summed E-state index contributed by atoms with van der Waals surface area (Å²) in [6, 6.07) is 7.67. The third-order valence-electron chi connectivity index (χ3n) is 9.96. The van der Waals surface area contributed by atoms with E-state index in [-0.39, 0.29) is 29.5 Å². The Hall–Kier alpha value is -3.77. The minimum absolute atomic E-state index is 0.0314. The molecule has 0 aliphatic carbocycles. The molecule has 9 nitrogen and oxygen atoms in total. The van der Waals surface area contributed by atoms with Gasteiger partial charge in [0.1, 0.15) is 23.8 Å². The average molecular weight is 663 g/mol. The molecule has 2 aromatic heterocycles. The second kappa shape index (κ2) is 13.0. The van der Waals surface area contributed by atoms with Crippen LogP contribution >= 0.6 is 0 Å². The highest BCUT2D eigenvalue weighted by molar-refractivity contribution is 6.74. The number of piperidine rings is 1. The van der Waals surface area contributed by atoms with Crippen LogP contribution in [0.25, 0.3) is 22.0 Å². The van der Waals surface area contributed by atoms with Gasteiger partial charge < -0.3 is 18.7 Å². The molecule has 1 atom stereocenters. The van der Waals surface area contributed by atoms with E-state index >= 15 is 8.78 Å². The summed E-state index contributed by atoms with van der Waals surface area (Å²) in [6.07, 6.45) is 4.93. The lowest BCUT2D eigenvalue weighted by atomic mass is 9.95. The van der Waals surface area contributed by atoms with Gasteiger partial charge in [0.2, 0.25) is 11.8 Å². The van der Waals surface area contributed by atoms with Crippen LogP contribution in [-0.4, -0.2) is 65.0 Å². The Morgan fingerprint density at radius 1 is 1.09 bits per heavy atom. The van der Waals surface area contributed by atoms with Gasteiger partial charge in [0.15, 0.2) is 14.1 Å². The SMILES string of the molecule is CCCc1nc(C2CCN(c3ncnc4c(-c5ccc(CN6C[C@@H](O[Si](C)(C)C(C)(C)C)CC6=O)c(F)c5)cc(F)cc34)CC2)no1. The van der Waals surface area contributed by atoms with Crippen LogP contribution in [0, 0.1) is 11.6 Å². The predicted molar refractivity (Wildman–Crippen MR) is 179 cm³/mol. The molecule has 2 aromatic carbocycles. The first kappa shape index (κ1) is 33.1. The van der Waals surface area contributed by atoms with Crippen molar-refractivity contribution in [3.05, 3.63) is 65.6 Å². The van der Waals surface area contributed by atoms with Crippen molar-refractivity contribution >= 4 is 30.9 Å². The van der Waals surface area contributed by atoms with Crippen molar-refractivity contribution in [2.75, 3.05) is 24.5 Å². The minimum Gasteiger partial charge on any atom is -0.412 e. The number of benzene rings is 2. The van der Waals surface area contributed by atoms with Crippen LogP contribution in [0.3, 0.4) is 0 Å². The van der Waals surface area contributed by atoms with Gasteiger partial charge >= 0.3 is 0 Å². The molecule has 0 radical (unpaired) electrons. The molecule has 2 saturated heterocycles. The summed E-state index contributed by atoms with van der Waals surface area (Å²) in [6.45, 7) is 14.9. The number of carbonyl (C=O) groups is 1. The van der Waals surface area contributed by atoms with Crippen LogP contribution in [0.15, 0.2) is 41.2 Å². The van der Waals surface area contributed by atoms with E-state index < -0.39 is 20.0 Å². The Morgan fingerprint density at radius 2 is 1.85 bits per heavy atom. The van der Waals surface area contributed by atoms with Crippen LogP contribution < -0.4 is 4.90 Å². The monoisotopic (exact) mass is 662 g/mol. The highest BCUT2D eigenvalue weighted by Crippen LogP contribution is 2.39. The van der Waals surface area contributed by atoms with E-state index in [1.165, 1.54) is 24.5 Å². The Bertz CT molecular complexity index is 1770. The van der Waals surface area contributed by atoms with E-state index in [9.17, 15) is 4.79 Å². The number of halogens is 2. The molecular formula is C35H44F2N6O3Si. The normalized spacial score (nSPS) is 18.1. The number of aromatic nitrogens is 4. The van der Waals surface area contributed by atoms with Gasteiger partial charge in [-0.15, -0.1) is 0 Å². The number of hydrogen-bond acceptors (Lipinski definition) is 8. The first-order valence-electron chi connectivity index (χ1n) is 16.6. The third kappa shape index (κ3) is 6.94. The third-order valence-corrected chi connectivity index (χ3v) is 14.5. The molecule has 2 aliphatic rings. The van der Waals surface area contributed by atoms with Crippen LogP contribution in [0.2, 0.25) is 18.1 Å². The molecule has 0 saturated carbocycles. The summed E-state index contributed by atoms with van der Waals surface area (Å²) >= 11 is 0. The first-order valence-corrected chi connectivity index (χ1v) is 19.5. The number of nitrogens with zero attached hydrogens (tertiary/aromatic N) is 6. The molecule has 0 spiro atoms. The number of hydrogen-bond donors (Lipinski definition) is 0. The Labute approximate surface area is 275 Å². The van der Waals surface area contributed by atoms with E-state index in [1.54, 1.807) is 17.0 Å². The Balaban J connectivity index is 1.18. The second-order valence-corrected chi connectivity index (χ2v) is 19.1. The zero-order chi connectivity index (χ0) is 33.5. The standard InChI is InChI=1S/C35H44F2N6O3Si/c1-7-8-30-40-33(41-45-30)22-11-13-42(14-12-22)34-28-17-25(36)16-27(32(28)38-21-39-34)23-9-10-24(29(37)15-23)19-43-20-26(18-31(43)44)46-47(5,6)35(2,3)4/h9-10,15-17,21-22,26H,7-8,11-14,18-20H2,1-6H3/t26-/m0/s1. The molecule has 1 amide bonds. The van der Waals surface area contributed by atoms with Crippen molar-refractivity contribution in [3.63, 3.8) is 0 Å². The largest absolute Gasteiger partial charge is 0.412 e. The maximum Gasteiger partial charge on any atom is 0.226 e. The summed E-state index contributed by atoms with van der Waals surface area (Å²) in [7, 11) is -2.04. The van der Waals surface area contributed by atoms with Gasteiger partial charge in [-0.2, -0.15) is 4.98 Å². The number of amides is 1. The fourth-order valence-corrected chi connectivity index (χ4v) is 7.65. The van der Waals surface area contributed by atoms with Gasteiger partial charge in [-0.25, -0.2) is 18.7 Å². The summed E-state index contributed by atoms with van der Waals surface area (Å²) in [5.41, 5.74) is 1.94. The summed E-state index contributed by atoms with van der Waals surface area (Å²) in [4.78, 5) is 30.3. The van der Waals surface area contributed by atoms with Gasteiger partial charge in [0.05, 0.1) is 18.0 Å². The van der Waals surface area contributed by atoms with Gasteiger partial charge in [-0.1, -0.05) is 45.0 Å². The quantitative estimate of drug-likeness (QED) is 0.171. The van der Waals surface area contributed by atoms with Crippen molar-refractivity contribution in [3.8, 4) is 11.1 Å².